The third-order valence-corrected chi connectivity index (χ3v) is 4.06. The molecule has 0 unspecified atom stereocenters. The van der Waals surface area contributed by atoms with Crippen LogP contribution in [0.5, 0.6) is 0 Å². The van der Waals surface area contributed by atoms with E-state index in [1.165, 1.54) is 0 Å². The number of nitrogens with zero attached hydrogens (tertiary/aromatic N) is 5. The van der Waals surface area contributed by atoms with Gasteiger partial charge in [-0.1, -0.05) is 19.9 Å². The molecule has 3 rings (SSSR count). The van der Waals surface area contributed by atoms with E-state index in [1.54, 1.807) is 10.9 Å². The Hall–Kier alpha value is -2.47. The van der Waals surface area contributed by atoms with E-state index >= 15 is 0 Å². The molecule has 0 amide bonds. The first kappa shape index (κ1) is 16.4. The Morgan fingerprint density at radius 2 is 1.96 bits per heavy atom. The summed E-state index contributed by atoms with van der Waals surface area (Å²) in [5.74, 6) is 4.01. The Labute approximate surface area is 142 Å². The third-order valence-electron chi connectivity index (χ3n) is 4.06. The second-order valence-electron chi connectivity index (χ2n) is 5.73. The van der Waals surface area contributed by atoms with Gasteiger partial charge in [-0.25, -0.2) is 9.97 Å². The van der Waals surface area contributed by atoms with Gasteiger partial charge in [-0.15, -0.1) is 5.10 Å². The topological polar surface area (TPSA) is 60.0 Å². The summed E-state index contributed by atoms with van der Waals surface area (Å²) in [6, 6.07) is 7.82. The molecule has 0 N–H and O–H groups in total. The fraction of sp³-hybridized carbons (Fsp3) is 0.389. The average Bonchev–Trinajstić information content (AvgIpc) is 3.15. The van der Waals surface area contributed by atoms with Crippen molar-refractivity contribution in [1.29, 1.82) is 0 Å². The van der Waals surface area contributed by atoms with Gasteiger partial charge in [0.05, 0.1) is 12.1 Å². The van der Waals surface area contributed by atoms with Crippen molar-refractivity contribution < 1.29 is 4.42 Å². The molecule has 0 aromatic carbocycles. The molecular formula is C18H23N5O. The van der Waals surface area contributed by atoms with Gasteiger partial charge in [0.1, 0.15) is 17.3 Å². The van der Waals surface area contributed by atoms with Gasteiger partial charge in [0, 0.05) is 6.20 Å². The number of pyridine rings is 1. The summed E-state index contributed by atoms with van der Waals surface area (Å²) in [6.45, 7) is 10.9. The van der Waals surface area contributed by atoms with E-state index in [-0.39, 0.29) is 0 Å². The molecular weight excluding hydrogens is 302 g/mol. The lowest BCUT2D eigenvalue weighted by Gasteiger charge is -2.15. The van der Waals surface area contributed by atoms with E-state index in [0.29, 0.717) is 5.82 Å². The maximum Gasteiger partial charge on any atom is 0.168 e. The largest absolute Gasteiger partial charge is 0.464 e. The monoisotopic (exact) mass is 325 g/mol. The van der Waals surface area contributed by atoms with Crippen LogP contribution in [0.1, 0.15) is 31.2 Å². The second-order valence-corrected chi connectivity index (χ2v) is 5.73. The fourth-order valence-electron chi connectivity index (χ4n) is 2.74. The first-order valence-corrected chi connectivity index (χ1v) is 8.29. The van der Waals surface area contributed by atoms with E-state index in [4.69, 9.17) is 4.42 Å². The summed E-state index contributed by atoms with van der Waals surface area (Å²) in [4.78, 5) is 11.3. The highest BCUT2D eigenvalue weighted by Gasteiger charge is 2.19. The smallest absolute Gasteiger partial charge is 0.168 e. The van der Waals surface area contributed by atoms with Crippen LogP contribution in [0.4, 0.5) is 0 Å². The third kappa shape index (κ3) is 3.23. The van der Waals surface area contributed by atoms with Crippen LogP contribution in [0.3, 0.4) is 0 Å². The van der Waals surface area contributed by atoms with Gasteiger partial charge in [0.15, 0.2) is 11.6 Å². The lowest BCUT2D eigenvalue weighted by atomic mass is 10.2. The van der Waals surface area contributed by atoms with Crippen LogP contribution >= 0.6 is 0 Å². The minimum absolute atomic E-state index is 0.710. The molecule has 126 valence electrons. The number of aryl methyl sites for hydroxylation is 2. The molecule has 0 fully saturated rings. The predicted molar refractivity (Wildman–Crippen MR) is 93.0 cm³/mol. The number of hydrogen-bond acceptors (Lipinski definition) is 5. The minimum Gasteiger partial charge on any atom is -0.464 e. The van der Waals surface area contributed by atoms with Crippen LogP contribution in [-0.2, 0) is 6.54 Å². The first-order valence-electron chi connectivity index (χ1n) is 8.29. The summed E-state index contributed by atoms with van der Waals surface area (Å²) >= 11 is 0. The Morgan fingerprint density at radius 3 is 2.62 bits per heavy atom. The Kier molecular flexibility index (Phi) is 4.76. The summed E-state index contributed by atoms with van der Waals surface area (Å²) in [6.07, 6.45) is 1.75. The summed E-state index contributed by atoms with van der Waals surface area (Å²) in [7, 11) is 0. The molecule has 0 aliphatic rings. The molecule has 0 bridgehead atoms. The molecule has 6 nitrogen and oxygen atoms in total. The summed E-state index contributed by atoms with van der Waals surface area (Å²) in [5, 5.41) is 4.49. The number of rotatable bonds is 6. The molecule has 0 saturated heterocycles. The molecule has 0 radical (unpaired) electrons. The van der Waals surface area contributed by atoms with Crippen LogP contribution < -0.4 is 0 Å². The molecule has 0 atom stereocenters. The maximum absolute atomic E-state index is 5.96. The van der Waals surface area contributed by atoms with E-state index in [9.17, 15) is 0 Å². The number of furan rings is 1. The lowest BCUT2D eigenvalue weighted by Crippen LogP contribution is -2.21. The van der Waals surface area contributed by atoms with Crippen LogP contribution in [0.25, 0.3) is 17.2 Å². The molecule has 0 aliphatic heterocycles. The number of aromatic nitrogens is 4. The Bertz CT molecular complexity index is 802. The van der Waals surface area contributed by atoms with Crippen molar-refractivity contribution in [3.63, 3.8) is 0 Å². The molecule has 3 heterocycles. The van der Waals surface area contributed by atoms with Crippen LogP contribution in [0.15, 0.2) is 34.9 Å². The van der Waals surface area contributed by atoms with Crippen molar-refractivity contribution in [3.05, 3.63) is 47.8 Å². The standard InChI is InChI=1S/C18H23N5O/c1-5-22(6-2)12-15-11-16(13(3)24-15)18-20-14(4)21-23(18)17-9-7-8-10-19-17/h7-11H,5-6,12H2,1-4H3. The Balaban J connectivity index is 2.00. The van der Waals surface area contributed by atoms with Crippen molar-refractivity contribution in [2.75, 3.05) is 13.1 Å². The SMILES string of the molecule is CCN(CC)Cc1cc(-c2nc(C)nn2-c2ccccn2)c(C)o1. The highest BCUT2D eigenvalue weighted by Crippen LogP contribution is 2.27. The van der Waals surface area contributed by atoms with Gasteiger partial charge in [-0.3, -0.25) is 4.90 Å². The first-order chi connectivity index (χ1) is 11.6. The van der Waals surface area contributed by atoms with Crippen molar-refractivity contribution in [2.45, 2.75) is 34.2 Å². The van der Waals surface area contributed by atoms with Crippen molar-refractivity contribution >= 4 is 0 Å². The van der Waals surface area contributed by atoms with Crippen molar-refractivity contribution in [2.24, 2.45) is 0 Å². The highest BCUT2D eigenvalue weighted by atomic mass is 16.3. The van der Waals surface area contributed by atoms with Gasteiger partial charge in [0.2, 0.25) is 0 Å². The van der Waals surface area contributed by atoms with Gasteiger partial charge in [-0.2, -0.15) is 4.68 Å². The molecule has 0 aliphatic carbocycles. The van der Waals surface area contributed by atoms with Gasteiger partial charge in [-0.05, 0) is 45.1 Å². The fourth-order valence-corrected chi connectivity index (χ4v) is 2.74. The molecule has 0 saturated carbocycles. The summed E-state index contributed by atoms with van der Waals surface area (Å²) < 4.78 is 7.73. The molecule has 0 spiro atoms. The second kappa shape index (κ2) is 6.97. The van der Waals surface area contributed by atoms with Gasteiger partial charge >= 0.3 is 0 Å². The zero-order chi connectivity index (χ0) is 17.1. The van der Waals surface area contributed by atoms with Crippen molar-refractivity contribution in [3.8, 4) is 17.2 Å². The molecule has 3 aromatic rings. The normalized spacial score (nSPS) is 11.4. The van der Waals surface area contributed by atoms with Gasteiger partial charge in [0.25, 0.3) is 0 Å². The van der Waals surface area contributed by atoms with Gasteiger partial charge < -0.3 is 4.42 Å². The van der Waals surface area contributed by atoms with Crippen LogP contribution in [0.2, 0.25) is 0 Å². The zero-order valence-electron chi connectivity index (χ0n) is 14.7. The van der Waals surface area contributed by atoms with Crippen molar-refractivity contribution in [1.82, 2.24) is 24.6 Å². The molecule has 3 aromatic heterocycles. The average molecular weight is 325 g/mol. The maximum atomic E-state index is 5.96. The lowest BCUT2D eigenvalue weighted by molar-refractivity contribution is 0.267. The quantitative estimate of drug-likeness (QED) is 0.695. The molecule has 24 heavy (non-hydrogen) atoms. The Morgan fingerprint density at radius 1 is 1.17 bits per heavy atom. The van der Waals surface area contributed by atoms with E-state index in [0.717, 1.165) is 48.4 Å². The van der Waals surface area contributed by atoms with E-state index < -0.39 is 0 Å². The predicted octanol–water partition coefficient (Wildman–Crippen LogP) is 3.38. The van der Waals surface area contributed by atoms with E-state index in [2.05, 4.69) is 39.9 Å². The minimum atomic E-state index is 0.710. The van der Waals surface area contributed by atoms with Crippen LogP contribution in [0, 0.1) is 13.8 Å². The van der Waals surface area contributed by atoms with Crippen LogP contribution in [-0.4, -0.2) is 37.7 Å². The summed E-state index contributed by atoms with van der Waals surface area (Å²) in [5.41, 5.74) is 0.961. The number of hydrogen-bond donors (Lipinski definition) is 0. The van der Waals surface area contributed by atoms with E-state index in [1.807, 2.05) is 32.0 Å². The highest BCUT2D eigenvalue weighted by molar-refractivity contribution is 5.60. The molecule has 6 heteroatoms. The zero-order valence-corrected chi connectivity index (χ0v) is 14.7.